The molecular weight excluding hydrogens is 184 g/mol. The highest BCUT2D eigenvalue weighted by atomic mass is 18.2. The quantitative estimate of drug-likeness (QED) is 0.762. The van der Waals surface area contributed by atoms with Gasteiger partial charge in [-0.3, -0.25) is 4.79 Å². The van der Waals surface area contributed by atoms with E-state index in [-0.39, 0.29) is 6.42 Å². The normalized spacial score (nSPS) is 14.8. The van der Waals surface area contributed by atoms with Crippen LogP contribution in [0.2, 0.25) is 0 Å². The monoisotopic (exact) mass is 196 g/mol. The average molecular weight is 196 g/mol. The summed E-state index contributed by atoms with van der Waals surface area (Å²) >= 11 is 0. The van der Waals surface area contributed by atoms with Gasteiger partial charge in [-0.1, -0.05) is 18.2 Å². The summed E-state index contributed by atoms with van der Waals surface area (Å²) in [4.78, 5) is 10.7. The highest BCUT2D eigenvalue weighted by molar-refractivity contribution is 5.78. The number of carboxylic acid groups (broad SMARTS) is 1. The lowest BCUT2D eigenvalue weighted by Crippen LogP contribution is -2.47. The van der Waals surface area contributed by atoms with E-state index in [9.17, 15) is 9.18 Å². The van der Waals surface area contributed by atoms with Crippen molar-refractivity contribution in [2.24, 2.45) is 5.73 Å². The molecule has 0 aliphatic carbocycles. The van der Waals surface area contributed by atoms with Crippen LogP contribution in [0.4, 0.5) is 4.39 Å². The third-order valence-corrected chi connectivity index (χ3v) is 2.00. The third kappa shape index (κ3) is 2.29. The Hall–Kier alpha value is -1.42. The van der Waals surface area contributed by atoms with Crippen molar-refractivity contribution in [3.05, 3.63) is 35.6 Å². The second-order valence-corrected chi connectivity index (χ2v) is 3.49. The SMILES string of the molecule is C[C@@](N)(Cc1ccccc1[18F])C(=O)O. The van der Waals surface area contributed by atoms with Crippen molar-refractivity contribution in [1.29, 1.82) is 0 Å². The first-order valence-corrected chi connectivity index (χ1v) is 4.19. The Kier molecular flexibility index (Phi) is 2.86. The molecule has 0 bridgehead atoms. The zero-order chi connectivity index (χ0) is 10.8. The zero-order valence-corrected chi connectivity index (χ0v) is 7.83. The molecule has 3 N–H and O–H groups in total. The highest BCUT2D eigenvalue weighted by Crippen LogP contribution is 2.14. The minimum atomic E-state index is -1.43. The van der Waals surface area contributed by atoms with E-state index < -0.39 is 17.3 Å². The van der Waals surface area contributed by atoms with E-state index in [0.29, 0.717) is 5.56 Å². The molecule has 0 radical (unpaired) electrons. The molecule has 0 spiro atoms. The Morgan fingerprint density at radius 1 is 1.57 bits per heavy atom. The number of hydrogen-bond donors (Lipinski definition) is 2. The van der Waals surface area contributed by atoms with E-state index in [1.807, 2.05) is 0 Å². The fraction of sp³-hybridized carbons (Fsp3) is 0.300. The van der Waals surface area contributed by atoms with E-state index in [2.05, 4.69) is 0 Å². The molecular formula is C10H12FNO2. The van der Waals surface area contributed by atoms with Crippen LogP contribution in [0, 0.1) is 5.82 Å². The van der Waals surface area contributed by atoms with Gasteiger partial charge >= 0.3 is 5.97 Å². The van der Waals surface area contributed by atoms with Gasteiger partial charge in [0.05, 0.1) is 0 Å². The highest BCUT2D eigenvalue weighted by Gasteiger charge is 2.28. The molecule has 14 heavy (non-hydrogen) atoms. The van der Waals surface area contributed by atoms with Crippen LogP contribution in [-0.4, -0.2) is 16.6 Å². The number of carboxylic acids is 1. The molecule has 0 saturated heterocycles. The van der Waals surface area contributed by atoms with Gasteiger partial charge in [-0.2, -0.15) is 0 Å². The number of nitrogens with two attached hydrogens (primary N) is 1. The Balaban J connectivity index is 2.89. The summed E-state index contributed by atoms with van der Waals surface area (Å²) < 4.78 is 13.1. The van der Waals surface area contributed by atoms with E-state index in [0.717, 1.165) is 0 Å². The molecule has 0 amide bonds. The van der Waals surface area contributed by atoms with Gasteiger partial charge in [-0.25, -0.2) is 4.39 Å². The summed E-state index contributed by atoms with van der Waals surface area (Å²) in [6, 6.07) is 6.01. The Labute approximate surface area is 81.4 Å². The lowest BCUT2D eigenvalue weighted by molar-refractivity contribution is -0.142. The smallest absolute Gasteiger partial charge is 0.323 e. The van der Waals surface area contributed by atoms with Crippen molar-refractivity contribution in [1.82, 2.24) is 0 Å². The van der Waals surface area contributed by atoms with Gasteiger partial charge in [-0.15, -0.1) is 0 Å². The van der Waals surface area contributed by atoms with Crippen molar-refractivity contribution >= 4 is 5.97 Å². The van der Waals surface area contributed by atoms with Crippen LogP contribution in [0.1, 0.15) is 12.5 Å². The first-order chi connectivity index (χ1) is 6.43. The lowest BCUT2D eigenvalue weighted by atomic mass is 9.94. The molecule has 0 heterocycles. The maximum absolute atomic E-state index is 13.1. The number of halogens is 1. The second kappa shape index (κ2) is 3.75. The molecule has 1 aromatic rings. The number of carbonyl (C=O) groups is 1. The van der Waals surface area contributed by atoms with E-state index >= 15 is 0 Å². The van der Waals surface area contributed by atoms with Gasteiger partial charge in [0.1, 0.15) is 11.4 Å². The molecule has 1 rings (SSSR count). The number of benzene rings is 1. The summed E-state index contributed by atoms with van der Waals surface area (Å²) in [6.45, 7) is 1.36. The van der Waals surface area contributed by atoms with Crippen LogP contribution in [0.15, 0.2) is 24.3 Å². The van der Waals surface area contributed by atoms with E-state index in [4.69, 9.17) is 10.8 Å². The molecule has 1 atom stereocenters. The maximum Gasteiger partial charge on any atom is 0.323 e. The minimum absolute atomic E-state index is 0.0188. The lowest BCUT2D eigenvalue weighted by Gasteiger charge is -2.19. The fourth-order valence-electron chi connectivity index (χ4n) is 1.11. The molecule has 0 aromatic heterocycles. The Morgan fingerprint density at radius 3 is 2.64 bits per heavy atom. The van der Waals surface area contributed by atoms with Gasteiger partial charge in [-0.05, 0) is 18.6 Å². The number of aliphatic carboxylic acids is 1. The number of rotatable bonds is 3. The van der Waals surface area contributed by atoms with Crippen molar-refractivity contribution < 1.29 is 14.3 Å². The van der Waals surface area contributed by atoms with Gasteiger partial charge in [0.25, 0.3) is 0 Å². The summed E-state index contributed by atoms with van der Waals surface area (Å²) in [5.41, 5.74) is 4.39. The topological polar surface area (TPSA) is 63.3 Å². The predicted molar refractivity (Wildman–Crippen MR) is 50.3 cm³/mol. The Morgan fingerprint density at radius 2 is 2.14 bits per heavy atom. The maximum atomic E-state index is 13.1. The van der Waals surface area contributed by atoms with Crippen LogP contribution >= 0.6 is 0 Å². The Bertz CT molecular complexity index is 350. The van der Waals surface area contributed by atoms with Crippen molar-refractivity contribution in [2.45, 2.75) is 18.9 Å². The molecule has 0 aliphatic heterocycles. The molecule has 0 aliphatic rings. The molecule has 76 valence electrons. The zero-order valence-electron chi connectivity index (χ0n) is 7.83. The largest absolute Gasteiger partial charge is 0.480 e. The minimum Gasteiger partial charge on any atom is -0.480 e. The van der Waals surface area contributed by atoms with Gasteiger partial charge in [0.2, 0.25) is 0 Å². The third-order valence-electron chi connectivity index (χ3n) is 2.00. The molecule has 3 nitrogen and oxygen atoms in total. The summed E-state index contributed by atoms with van der Waals surface area (Å²) in [5.74, 6) is -1.56. The summed E-state index contributed by atoms with van der Waals surface area (Å²) in [7, 11) is 0. The van der Waals surface area contributed by atoms with Crippen molar-refractivity contribution in [3.8, 4) is 0 Å². The standard InChI is InChI=1S/C10H12FNO2/c1-10(12,9(13)14)6-7-4-2-3-5-8(7)11/h2-5H,6,12H2,1H3,(H,13,14)/t10-/m1/s1/i11-1. The van der Waals surface area contributed by atoms with Crippen LogP contribution in [0.25, 0.3) is 0 Å². The van der Waals surface area contributed by atoms with Gasteiger partial charge in [0.15, 0.2) is 0 Å². The first-order valence-electron chi connectivity index (χ1n) is 4.19. The van der Waals surface area contributed by atoms with Crippen LogP contribution in [-0.2, 0) is 11.2 Å². The fourth-order valence-corrected chi connectivity index (χ4v) is 1.11. The predicted octanol–water partition coefficient (Wildman–Crippen LogP) is 1.17. The van der Waals surface area contributed by atoms with Crippen LogP contribution in [0.3, 0.4) is 0 Å². The second-order valence-electron chi connectivity index (χ2n) is 3.49. The average Bonchev–Trinajstić information content (AvgIpc) is 2.08. The molecule has 0 saturated carbocycles. The van der Waals surface area contributed by atoms with Crippen molar-refractivity contribution in [3.63, 3.8) is 0 Å². The molecule has 1 aromatic carbocycles. The van der Waals surface area contributed by atoms with Gasteiger partial charge in [0, 0.05) is 6.42 Å². The molecule has 4 heteroatoms. The summed E-state index contributed by atoms with van der Waals surface area (Å²) in [6.07, 6.45) is -0.0188. The molecule has 0 unspecified atom stereocenters. The van der Waals surface area contributed by atoms with Crippen molar-refractivity contribution in [2.75, 3.05) is 0 Å². The van der Waals surface area contributed by atoms with E-state index in [1.54, 1.807) is 12.1 Å². The van der Waals surface area contributed by atoms with Crippen LogP contribution in [0.5, 0.6) is 0 Å². The van der Waals surface area contributed by atoms with Gasteiger partial charge < -0.3 is 10.8 Å². The first kappa shape index (κ1) is 10.7. The van der Waals surface area contributed by atoms with E-state index in [1.165, 1.54) is 19.1 Å². The number of hydrogen-bond acceptors (Lipinski definition) is 2. The molecule has 0 fully saturated rings. The summed E-state index contributed by atoms with van der Waals surface area (Å²) in [5, 5.41) is 8.75. The van der Waals surface area contributed by atoms with Crippen LogP contribution < -0.4 is 5.73 Å².